The molecule has 1 aliphatic rings. The van der Waals surface area contributed by atoms with Gasteiger partial charge in [-0.1, -0.05) is 0 Å². The second-order valence-corrected chi connectivity index (χ2v) is 5.04. The molecule has 1 saturated heterocycles. The molecule has 8 heteroatoms. The summed E-state index contributed by atoms with van der Waals surface area (Å²) in [7, 11) is 0. The number of amides is 1. The molecule has 0 bridgehead atoms. The number of carboxylic acids is 1. The Labute approximate surface area is 130 Å². The largest absolute Gasteiger partial charge is 0.480 e. The highest BCUT2D eigenvalue weighted by molar-refractivity contribution is 5.97. The number of carbonyl (C=O) groups excluding carboxylic acids is 1. The minimum Gasteiger partial charge on any atom is -0.480 e. The van der Waals surface area contributed by atoms with Crippen molar-refractivity contribution < 1.29 is 23.8 Å². The molecule has 2 aromatic rings. The van der Waals surface area contributed by atoms with Crippen molar-refractivity contribution in [3.63, 3.8) is 0 Å². The first-order chi connectivity index (χ1) is 11.1. The normalized spacial score (nSPS) is 18.0. The maximum atomic E-state index is 14.2. The first kappa shape index (κ1) is 15.2. The van der Waals surface area contributed by atoms with Crippen LogP contribution in [-0.4, -0.2) is 57.5 Å². The number of carbonyl (C=O) groups is 2. The van der Waals surface area contributed by atoms with E-state index in [9.17, 15) is 14.0 Å². The van der Waals surface area contributed by atoms with Gasteiger partial charge in [-0.25, -0.2) is 13.9 Å². The average molecular weight is 319 g/mol. The van der Waals surface area contributed by atoms with Gasteiger partial charge in [0.1, 0.15) is 11.5 Å². The zero-order valence-corrected chi connectivity index (χ0v) is 12.1. The molecule has 1 amide bonds. The molecule has 3 rings (SSSR count). The quantitative estimate of drug-likeness (QED) is 0.910. The molecule has 7 nitrogen and oxygen atoms in total. The highest BCUT2D eigenvalue weighted by Crippen LogP contribution is 2.18. The van der Waals surface area contributed by atoms with Crippen LogP contribution in [0.15, 0.2) is 36.7 Å². The van der Waals surface area contributed by atoms with Crippen LogP contribution in [0.2, 0.25) is 0 Å². The van der Waals surface area contributed by atoms with Crippen molar-refractivity contribution in [2.24, 2.45) is 0 Å². The van der Waals surface area contributed by atoms with Crippen molar-refractivity contribution in [2.75, 3.05) is 19.8 Å². The third-order valence-electron chi connectivity index (χ3n) is 3.62. The van der Waals surface area contributed by atoms with Gasteiger partial charge in [0.05, 0.1) is 13.2 Å². The van der Waals surface area contributed by atoms with E-state index in [1.165, 1.54) is 27.9 Å². The molecule has 1 aromatic carbocycles. The van der Waals surface area contributed by atoms with Gasteiger partial charge in [-0.3, -0.25) is 4.79 Å². The molecule has 0 aliphatic carbocycles. The lowest BCUT2D eigenvalue weighted by molar-refractivity contribution is -0.147. The third kappa shape index (κ3) is 2.93. The Morgan fingerprint density at radius 1 is 1.39 bits per heavy atom. The molecule has 1 fully saturated rings. The number of nitrogens with zero attached hydrogens (tertiary/aromatic N) is 3. The standard InChI is InChI=1S/C15H14FN3O4/c16-11-8-10(2-3-12(11)19-5-1-4-17-19)14(20)18-6-7-23-9-13(18)15(21)22/h1-5,8,13H,6-7,9H2,(H,21,22)/t13-/m1/s1. The summed E-state index contributed by atoms with van der Waals surface area (Å²) in [6, 6.07) is 4.57. The second kappa shape index (κ2) is 6.17. The number of morpholine rings is 1. The van der Waals surface area contributed by atoms with Crippen molar-refractivity contribution in [1.29, 1.82) is 0 Å². The SMILES string of the molecule is O=C(O)[C@H]1COCCN1C(=O)c1ccc(-n2cccn2)c(F)c1. The summed E-state index contributed by atoms with van der Waals surface area (Å²) in [4.78, 5) is 24.9. The van der Waals surface area contributed by atoms with Crippen LogP contribution >= 0.6 is 0 Å². The number of aromatic nitrogens is 2. The monoisotopic (exact) mass is 319 g/mol. The van der Waals surface area contributed by atoms with Gasteiger partial charge in [0.2, 0.25) is 0 Å². The first-order valence-corrected chi connectivity index (χ1v) is 6.99. The molecule has 0 unspecified atom stereocenters. The number of hydrogen-bond acceptors (Lipinski definition) is 4. The second-order valence-electron chi connectivity index (χ2n) is 5.04. The van der Waals surface area contributed by atoms with Crippen LogP contribution < -0.4 is 0 Å². The molecule has 0 radical (unpaired) electrons. The number of aliphatic carboxylic acids is 1. The van der Waals surface area contributed by atoms with Gasteiger partial charge in [-0.2, -0.15) is 5.10 Å². The van der Waals surface area contributed by atoms with E-state index in [1.807, 2.05) is 0 Å². The molecule has 0 saturated carbocycles. The Morgan fingerprint density at radius 3 is 2.87 bits per heavy atom. The number of halogens is 1. The Bertz CT molecular complexity index is 732. The first-order valence-electron chi connectivity index (χ1n) is 6.99. The lowest BCUT2D eigenvalue weighted by Gasteiger charge is -2.32. The predicted octanol–water partition coefficient (Wildman–Crippen LogP) is 0.937. The number of ether oxygens (including phenoxy) is 1. The smallest absolute Gasteiger partial charge is 0.328 e. The molecule has 120 valence electrons. The van der Waals surface area contributed by atoms with Gasteiger partial charge in [0.25, 0.3) is 5.91 Å². The maximum absolute atomic E-state index is 14.2. The number of rotatable bonds is 3. The third-order valence-corrected chi connectivity index (χ3v) is 3.62. The fourth-order valence-corrected chi connectivity index (χ4v) is 2.45. The van der Waals surface area contributed by atoms with Crippen LogP contribution in [0.4, 0.5) is 4.39 Å². The molecular weight excluding hydrogens is 305 g/mol. The summed E-state index contributed by atoms with van der Waals surface area (Å²) < 4.78 is 20.7. The van der Waals surface area contributed by atoms with Gasteiger partial charge in [0, 0.05) is 24.5 Å². The van der Waals surface area contributed by atoms with E-state index in [0.29, 0.717) is 0 Å². The highest BCUT2D eigenvalue weighted by Gasteiger charge is 2.33. The molecule has 1 aromatic heterocycles. The van der Waals surface area contributed by atoms with Gasteiger partial charge in [-0.05, 0) is 24.3 Å². The van der Waals surface area contributed by atoms with Crippen LogP contribution in [0.1, 0.15) is 10.4 Å². The van der Waals surface area contributed by atoms with Crippen molar-refractivity contribution in [2.45, 2.75) is 6.04 Å². The maximum Gasteiger partial charge on any atom is 0.328 e. The number of hydrogen-bond donors (Lipinski definition) is 1. The Hall–Kier alpha value is -2.74. The predicted molar refractivity (Wildman–Crippen MR) is 76.8 cm³/mol. The van der Waals surface area contributed by atoms with Crippen molar-refractivity contribution >= 4 is 11.9 Å². The van der Waals surface area contributed by atoms with E-state index in [-0.39, 0.29) is 31.0 Å². The molecular formula is C15H14FN3O4. The van der Waals surface area contributed by atoms with Crippen molar-refractivity contribution in [3.05, 3.63) is 48.0 Å². The Balaban J connectivity index is 1.87. The topological polar surface area (TPSA) is 84.7 Å². The van der Waals surface area contributed by atoms with Crippen molar-refractivity contribution in [3.8, 4) is 5.69 Å². The summed E-state index contributed by atoms with van der Waals surface area (Å²) in [5, 5.41) is 13.1. The van der Waals surface area contributed by atoms with Gasteiger partial charge >= 0.3 is 5.97 Å². The minimum absolute atomic E-state index is 0.0745. The number of carboxylic acid groups (broad SMARTS) is 1. The van der Waals surface area contributed by atoms with Gasteiger partial charge < -0.3 is 14.7 Å². The van der Waals surface area contributed by atoms with E-state index < -0.39 is 23.7 Å². The number of benzene rings is 1. The molecule has 1 N–H and O–H groups in total. The Morgan fingerprint density at radius 2 is 2.22 bits per heavy atom. The van der Waals surface area contributed by atoms with E-state index >= 15 is 0 Å². The van der Waals surface area contributed by atoms with Crippen LogP contribution in [0, 0.1) is 5.82 Å². The summed E-state index contributed by atoms with van der Waals surface area (Å²) in [5.74, 6) is -2.29. The lowest BCUT2D eigenvalue weighted by Crippen LogP contribution is -2.52. The summed E-state index contributed by atoms with van der Waals surface area (Å²) in [6.07, 6.45) is 3.10. The minimum atomic E-state index is -1.15. The summed E-state index contributed by atoms with van der Waals surface area (Å²) in [6.45, 7) is 0.330. The zero-order valence-electron chi connectivity index (χ0n) is 12.1. The molecule has 2 heterocycles. The van der Waals surface area contributed by atoms with Gasteiger partial charge in [-0.15, -0.1) is 0 Å². The summed E-state index contributed by atoms with van der Waals surface area (Å²) in [5.41, 5.74) is 0.301. The zero-order chi connectivity index (χ0) is 16.4. The average Bonchev–Trinajstić information content (AvgIpc) is 3.08. The van der Waals surface area contributed by atoms with Crippen LogP contribution in [-0.2, 0) is 9.53 Å². The fourth-order valence-electron chi connectivity index (χ4n) is 2.45. The van der Waals surface area contributed by atoms with E-state index in [2.05, 4.69) is 5.10 Å². The van der Waals surface area contributed by atoms with Crippen LogP contribution in [0.3, 0.4) is 0 Å². The van der Waals surface area contributed by atoms with Crippen LogP contribution in [0.25, 0.3) is 5.69 Å². The summed E-state index contributed by atoms with van der Waals surface area (Å²) >= 11 is 0. The lowest BCUT2D eigenvalue weighted by atomic mass is 10.1. The molecule has 1 atom stereocenters. The van der Waals surface area contributed by atoms with E-state index in [0.717, 1.165) is 6.07 Å². The van der Waals surface area contributed by atoms with Crippen LogP contribution in [0.5, 0.6) is 0 Å². The Kier molecular flexibility index (Phi) is 4.07. The van der Waals surface area contributed by atoms with Crippen molar-refractivity contribution in [1.82, 2.24) is 14.7 Å². The molecule has 0 spiro atoms. The fraction of sp³-hybridized carbons (Fsp3) is 0.267. The molecule has 1 aliphatic heterocycles. The van der Waals surface area contributed by atoms with E-state index in [1.54, 1.807) is 12.3 Å². The van der Waals surface area contributed by atoms with E-state index in [4.69, 9.17) is 9.84 Å². The highest BCUT2D eigenvalue weighted by atomic mass is 19.1. The molecule has 23 heavy (non-hydrogen) atoms. The van der Waals surface area contributed by atoms with Gasteiger partial charge in [0.15, 0.2) is 6.04 Å².